The lowest BCUT2D eigenvalue weighted by atomic mass is 10.0. The van der Waals surface area contributed by atoms with Gasteiger partial charge in [-0.05, 0) is 12.0 Å². The molecule has 2 nitrogen and oxygen atoms in total. The first-order valence-corrected chi connectivity index (χ1v) is 4.73. The Bertz CT molecular complexity index is 221. The fourth-order valence-electron chi connectivity index (χ4n) is 1.34. The molecule has 0 saturated carbocycles. The Morgan fingerprint density at radius 3 is 2.54 bits per heavy atom. The van der Waals surface area contributed by atoms with E-state index < -0.39 is 0 Å². The molecular weight excluding hydrogens is 164 g/mol. The number of rotatable bonds is 5. The molecule has 1 N–H and O–H groups in total. The van der Waals surface area contributed by atoms with E-state index in [0.29, 0.717) is 0 Å². The molecule has 1 aromatic carbocycles. The Balaban J connectivity index is 2.56. The van der Waals surface area contributed by atoms with Crippen molar-refractivity contribution in [2.24, 2.45) is 0 Å². The molecule has 1 aromatic rings. The SMILES string of the molecule is CCCCC(OO)c1ccccc1. The standard InChI is InChI=1S/C11H16O2/c1-2-3-9-11(13-12)10-7-5-4-6-8-10/h4-8,11-12H,2-3,9H2,1H3. The monoisotopic (exact) mass is 180 g/mol. The summed E-state index contributed by atoms with van der Waals surface area (Å²) in [7, 11) is 0. The molecule has 0 amide bonds. The predicted molar refractivity (Wildman–Crippen MR) is 52.4 cm³/mol. The molecule has 0 aromatic heterocycles. The van der Waals surface area contributed by atoms with E-state index in [0.717, 1.165) is 24.8 Å². The Morgan fingerprint density at radius 1 is 1.31 bits per heavy atom. The van der Waals surface area contributed by atoms with Gasteiger partial charge in [0.1, 0.15) is 6.10 Å². The molecule has 0 aliphatic rings. The average Bonchev–Trinajstić information content (AvgIpc) is 2.21. The third-order valence-electron chi connectivity index (χ3n) is 2.12. The van der Waals surface area contributed by atoms with E-state index in [4.69, 9.17) is 5.26 Å². The molecule has 0 aliphatic heterocycles. The van der Waals surface area contributed by atoms with Crippen LogP contribution in [-0.2, 0) is 4.89 Å². The zero-order valence-corrected chi connectivity index (χ0v) is 7.94. The lowest BCUT2D eigenvalue weighted by Gasteiger charge is -2.12. The maximum atomic E-state index is 8.71. The van der Waals surface area contributed by atoms with E-state index in [-0.39, 0.29) is 6.10 Å². The van der Waals surface area contributed by atoms with Gasteiger partial charge in [-0.1, -0.05) is 50.1 Å². The number of hydrogen-bond donors (Lipinski definition) is 1. The normalized spacial score (nSPS) is 12.8. The highest BCUT2D eigenvalue weighted by Gasteiger charge is 2.09. The average molecular weight is 180 g/mol. The highest BCUT2D eigenvalue weighted by molar-refractivity contribution is 5.17. The Morgan fingerprint density at radius 2 is 2.00 bits per heavy atom. The molecular formula is C11H16O2. The van der Waals surface area contributed by atoms with Crippen molar-refractivity contribution >= 4 is 0 Å². The van der Waals surface area contributed by atoms with Gasteiger partial charge in [0, 0.05) is 0 Å². The summed E-state index contributed by atoms with van der Waals surface area (Å²) in [6.07, 6.45) is 2.89. The van der Waals surface area contributed by atoms with Gasteiger partial charge >= 0.3 is 0 Å². The minimum atomic E-state index is -0.166. The van der Waals surface area contributed by atoms with E-state index in [2.05, 4.69) is 11.8 Å². The summed E-state index contributed by atoms with van der Waals surface area (Å²) in [5, 5.41) is 8.71. The van der Waals surface area contributed by atoms with Crippen LogP contribution in [-0.4, -0.2) is 5.26 Å². The maximum Gasteiger partial charge on any atom is 0.118 e. The zero-order chi connectivity index (χ0) is 9.52. The molecule has 13 heavy (non-hydrogen) atoms. The van der Waals surface area contributed by atoms with Crippen molar-refractivity contribution in [2.75, 3.05) is 0 Å². The van der Waals surface area contributed by atoms with Crippen LogP contribution < -0.4 is 0 Å². The van der Waals surface area contributed by atoms with Gasteiger partial charge in [0.2, 0.25) is 0 Å². The van der Waals surface area contributed by atoms with Crippen LogP contribution in [0.25, 0.3) is 0 Å². The second kappa shape index (κ2) is 5.73. The first-order valence-electron chi connectivity index (χ1n) is 4.73. The summed E-state index contributed by atoms with van der Waals surface area (Å²) >= 11 is 0. The summed E-state index contributed by atoms with van der Waals surface area (Å²) in [6.45, 7) is 2.12. The van der Waals surface area contributed by atoms with E-state index >= 15 is 0 Å². The fraction of sp³-hybridized carbons (Fsp3) is 0.455. The third-order valence-corrected chi connectivity index (χ3v) is 2.12. The molecule has 0 bridgehead atoms. The van der Waals surface area contributed by atoms with Gasteiger partial charge in [0.15, 0.2) is 0 Å². The number of hydrogen-bond acceptors (Lipinski definition) is 2. The van der Waals surface area contributed by atoms with Crippen LogP contribution in [0.2, 0.25) is 0 Å². The van der Waals surface area contributed by atoms with Crippen molar-refractivity contribution in [1.82, 2.24) is 0 Å². The van der Waals surface area contributed by atoms with E-state index in [1.807, 2.05) is 30.3 Å². The van der Waals surface area contributed by atoms with Crippen LogP contribution in [0.4, 0.5) is 0 Å². The van der Waals surface area contributed by atoms with Crippen molar-refractivity contribution in [2.45, 2.75) is 32.3 Å². The van der Waals surface area contributed by atoms with Gasteiger partial charge in [0.25, 0.3) is 0 Å². The summed E-state index contributed by atoms with van der Waals surface area (Å²) in [4.78, 5) is 4.44. The Hall–Kier alpha value is -0.860. The van der Waals surface area contributed by atoms with Crippen LogP contribution in [0, 0.1) is 0 Å². The summed E-state index contributed by atoms with van der Waals surface area (Å²) in [5.41, 5.74) is 1.04. The van der Waals surface area contributed by atoms with Gasteiger partial charge in [-0.3, -0.25) is 5.26 Å². The molecule has 0 spiro atoms. The van der Waals surface area contributed by atoms with Crippen molar-refractivity contribution in [3.63, 3.8) is 0 Å². The number of benzene rings is 1. The molecule has 1 unspecified atom stereocenters. The topological polar surface area (TPSA) is 29.5 Å². The van der Waals surface area contributed by atoms with Gasteiger partial charge in [-0.2, -0.15) is 0 Å². The Kier molecular flexibility index (Phi) is 4.50. The van der Waals surface area contributed by atoms with Gasteiger partial charge < -0.3 is 0 Å². The van der Waals surface area contributed by atoms with Crippen LogP contribution in [0.5, 0.6) is 0 Å². The third kappa shape index (κ3) is 3.17. The molecule has 0 fully saturated rings. The van der Waals surface area contributed by atoms with E-state index in [1.165, 1.54) is 0 Å². The molecule has 72 valence electrons. The molecule has 1 atom stereocenters. The lowest BCUT2D eigenvalue weighted by molar-refractivity contribution is -0.283. The number of unbranched alkanes of at least 4 members (excludes halogenated alkanes) is 1. The summed E-state index contributed by atoms with van der Waals surface area (Å²) in [5.74, 6) is 0. The largest absolute Gasteiger partial charge is 0.251 e. The van der Waals surface area contributed by atoms with Crippen molar-refractivity contribution < 1.29 is 10.1 Å². The van der Waals surface area contributed by atoms with Gasteiger partial charge in [0.05, 0.1) is 0 Å². The maximum absolute atomic E-state index is 8.71. The second-order valence-electron chi connectivity index (χ2n) is 3.15. The fourth-order valence-corrected chi connectivity index (χ4v) is 1.34. The molecule has 2 heteroatoms. The van der Waals surface area contributed by atoms with Crippen LogP contribution in [0.15, 0.2) is 30.3 Å². The minimum absolute atomic E-state index is 0.166. The summed E-state index contributed by atoms with van der Waals surface area (Å²) in [6, 6.07) is 9.80. The summed E-state index contributed by atoms with van der Waals surface area (Å²) < 4.78 is 0. The lowest BCUT2D eigenvalue weighted by Crippen LogP contribution is -2.01. The van der Waals surface area contributed by atoms with E-state index in [9.17, 15) is 0 Å². The van der Waals surface area contributed by atoms with Crippen LogP contribution in [0.3, 0.4) is 0 Å². The molecule has 0 radical (unpaired) electrons. The highest BCUT2D eigenvalue weighted by Crippen LogP contribution is 2.21. The first kappa shape index (κ1) is 10.2. The predicted octanol–water partition coefficient (Wildman–Crippen LogP) is 3.41. The van der Waals surface area contributed by atoms with Crippen LogP contribution in [0.1, 0.15) is 37.9 Å². The van der Waals surface area contributed by atoms with E-state index in [1.54, 1.807) is 0 Å². The Labute approximate surface area is 79.1 Å². The molecule has 0 aliphatic carbocycles. The molecule has 0 saturated heterocycles. The zero-order valence-electron chi connectivity index (χ0n) is 7.94. The molecule has 0 heterocycles. The highest BCUT2D eigenvalue weighted by atomic mass is 17.1. The van der Waals surface area contributed by atoms with Crippen molar-refractivity contribution in [1.29, 1.82) is 0 Å². The minimum Gasteiger partial charge on any atom is -0.251 e. The quantitative estimate of drug-likeness (QED) is 0.555. The van der Waals surface area contributed by atoms with Gasteiger partial charge in [-0.25, -0.2) is 4.89 Å². The van der Waals surface area contributed by atoms with Crippen molar-refractivity contribution in [3.05, 3.63) is 35.9 Å². The first-order chi connectivity index (χ1) is 6.38. The van der Waals surface area contributed by atoms with Gasteiger partial charge in [-0.15, -0.1) is 0 Å². The smallest absolute Gasteiger partial charge is 0.118 e. The molecule has 1 rings (SSSR count). The second-order valence-corrected chi connectivity index (χ2v) is 3.15. The van der Waals surface area contributed by atoms with Crippen molar-refractivity contribution in [3.8, 4) is 0 Å². The van der Waals surface area contributed by atoms with Crippen LogP contribution >= 0.6 is 0 Å².